The lowest BCUT2D eigenvalue weighted by Crippen LogP contribution is -2.44. The molecule has 0 saturated carbocycles. The quantitative estimate of drug-likeness (QED) is 0.720. The van der Waals surface area contributed by atoms with Gasteiger partial charge in [0.2, 0.25) is 5.91 Å². The molecule has 0 aliphatic rings. The smallest absolute Gasteiger partial charge is 0.321 e. The number of imide groups is 1. The molecule has 0 saturated heterocycles. The molecule has 0 spiro atoms. The van der Waals surface area contributed by atoms with Gasteiger partial charge in [0.05, 0.1) is 27.6 Å². The Bertz CT molecular complexity index is 506. The van der Waals surface area contributed by atoms with Crippen molar-refractivity contribution < 1.29 is 13.8 Å². The number of nitrogens with two attached hydrogens (primary N) is 1. The van der Waals surface area contributed by atoms with Crippen molar-refractivity contribution in [2.75, 3.05) is 12.3 Å². The number of anilines is 1. The van der Waals surface area contributed by atoms with Crippen LogP contribution in [0.1, 0.15) is 13.8 Å². The van der Waals surface area contributed by atoms with E-state index in [-0.39, 0.29) is 5.69 Å². The van der Waals surface area contributed by atoms with Gasteiger partial charge in [-0.2, -0.15) is 0 Å². The van der Waals surface area contributed by atoms with Crippen LogP contribution in [0.5, 0.6) is 0 Å². The van der Waals surface area contributed by atoms with E-state index in [1.165, 1.54) is 25.4 Å². The molecule has 1 heterocycles. The second kappa shape index (κ2) is 6.83. The molecule has 0 bridgehead atoms. The molecule has 1 aromatic heterocycles. The summed E-state index contributed by atoms with van der Waals surface area (Å²) in [6, 6.07) is 0.875. The van der Waals surface area contributed by atoms with Crippen molar-refractivity contribution >= 4 is 28.4 Å². The average molecular weight is 284 g/mol. The van der Waals surface area contributed by atoms with Gasteiger partial charge < -0.3 is 11.1 Å². The van der Waals surface area contributed by atoms with Crippen molar-refractivity contribution in [1.82, 2.24) is 15.6 Å². The number of hydrogen-bond acceptors (Lipinski definition) is 5. The summed E-state index contributed by atoms with van der Waals surface area (Å²) in [5, 5.41) is 3.63. The normalized spacial score (nSPS) is 13.4. The standard InChI is InChI=1S/C11H16N4O3S/c1-3-14-11(17)15-10(16)7(2)19(18)9-4-5-13-6-8(9)12/h4-7H,3,12H2,1-2H3,(H2,14,15,16,17). The van der Waals surface area contributed by atoms with Crippen LogP contribution in [0, 0.1) is 0 Å². The second-order valence-corrected chi connectivity index (χ2v) is 5.44. The molecule has 0 aromatic carbocycles. The van der Waals surface area contributed by atoms with Gasteiger partial charge in [0.1, 0.15) is 5.25 Å². The summed E-state index contributed by atoms with van der Waals surface area (Å²) < 4.78 is 12.2. The number of nitrogens with one attached hydrogen (secondary N) is 2. The molecule has 1 rings (SSSR count). The number of rotatable bonds is 4. The molecule has 1 aromatic rings. The summed E-state index contributed by atoms with van der Waals surface area (Å²) in [6.07, 6.45) is 2.81. The van der Waals surface area contributed by atoms with E-state index < -0.39 is 28.0 Å². The third kappa shape index (κ3) is 4.02. The molecule has 7 nitrogen and oxygen atoms in total. The third-order valence-corrected chi connectivity index (χ3v) is 3.95. The van der Waals surface area contributed by atoms with Crippen LogP contribution in [0.25, 0.3) is 0 Å². The van der Waals surface area contributed by atoms with Gasteiger partial charge in [-0.05, 0) is 19.9 Å². The number of pyridine rings is 1. The Morgan fingerprint density at radius 1 is 1.53 bits per heavy atom. The molecule has 0 aliphatic carbocycles. The van der Waals surface area contributed by atoms with Crippen molar-refractivity contribution in [3.63, 3.8) is 0 Å². The molecule has 104 valence electrons. The first kappa shape index (κ1) is 15.1. The van der Waals surface area contributed by atoms with E-state index in [9.17, 15) is 13.8 Å². The zero-order valence-corrected chi connectivity index (χ0v) is 11.5. The molecule has 0 radical (unpaired) electrons. The summed E-state index contributed by atoms with van der Waals surface area (Å²) in [6.45, 7) is 3.59. The largest absolute Gasteiger partial charge is 0.396 e. The Morgan fingerprint density at radius 2 is 2.21 bits per heavy atom. The van der Waals surface area contributed by atoms with Crippen LogP contribution in [-0.4, -0.2) is 32.9 Å². The Labute approximate surface area is 113 Å². The highest BCUT2D eigenvalue weighted by atomic mass is 32.2. The van der Waals surface area contributed by atoms with Crippen LogP contribution in [-0.2, 0) is 15.6 Å². The first-order chi connectivity index (χ1) is 8.97. The Balaban J connectivity index is 2.75. The van der Waals surface area contributed by atoms with Crippen molar-refractivity contribution in [2.24, 2.45) is 0 Å². The monoisotopic (exact) mass is 284 g/mol. The summed E-state index contributed by atoms with van der Waals surface area (Å²) in [5.74, 6) is -0.625. The molecule has 4 N–H and O–H groups in total. The lowest BCUT2D eigenvalue weighted by Gasteiger charge is -2.12. The first-order valence-electron chi connectivity index (χ1n) is 5.66. The van der Waals surface area contributed by atoms with Gasteiger partial charge in [-0.3, -0.25) is 19.3 Å². The number of hydrogen-bond donors (Lipinski definition) is 3. The number of carbonyl (C=O) groups excluding carboxylic acids is 2. The maximum absolute atomic E-state index is 12.2. The predicted molar refractivity (Wildman–Crippen MR) is 71.7 cm³/mol. The Hall–Kier alpha value is -1.96. The summed E-state index contributed by atoms with van der Waals surface area (Å²) in [5.41, 5.74) is 5.89. The van der Waals surface area contributed by atoms with Crippen LogP contribution in [0.15, 0.2) is 23.4 Å². The minimum absolute atomic E-state index is 0.249. The number of nitrogens with zero attached hydrogens (tertiary/aromatic N) is 1. The lowest BCUT2D eigenvalue weighted by atomic mass is 10.4. The maximum atomic E-state index is 12.2. The highest BCUT2D eigenvalue weighted by molar-refractivity contribution is 7.86. The Morgan fingerprint density at radius 3 is 2.79 bits per heavy atom. The topological polar surface area (TPSA) is 114 Å². The fourth-order valence-corrected chi connectivity index (χ4v) is 2.40. The SMILES string of the molecule is CCNC(=O)NC(=O)C(C)S(=O)c1ccncc1N. The van der Waals surface area contributed by atoms with Crippen molar-refractivity contribution in [3.8, 4) is 0 Å². The molecular weight excluding hydrogens is 268 g/mol. The fourth-order valence-electron chi connectivity index (χ4n) is 1.28. The minimum atomic E-state index is -1.65. The van der Waals surface area contributed by atoms with E-state index >= 15 is 0 Å². The highest BCUT2D eigenvalue weighted by Crippen LogP contribution is 2.17. The number of nitrogen functional groups attached to an aromatic ring is 1. The summed E-state index contributed by atoms with van der Waals surface area (Å²) in [7, 11) is -1.65. The first-order valence-corrected chi connectivity index (χ1v) is 6.87. The average Bonchev–Trinajstić information content (AvgIpc) is 2.37. The van der Waals surface area contributed by atoms with E-state index in [4.69, 9.17) is 5.73 Å². The van der Waals surface area contributed by atoms with Gasteiger partial charge in [-0.25, -0.2) is 4.79 Å². The predicted octanol–water partition coefficient (Wildman–Crippen LogP) is 0.00560. The molecular formula is C11H16N4O3S. The van der Waals surface area contributed by atoms with E-state index in [0.717, 1.165) is 0 Å². The van der Waals surface area contributed by atoms with E-state index in [1.54, 1.807) is 6.92 Å². The fraction of sp³-hybridized carbons (Fsp3) is 0.364. The molecule has 2 atom stereocenters. The van der Waals surface area contributed by atoms with Gasteiger partial charge >= 0.3 is 6.03 Å². The molecule has 0 aliphatic heterocycles. The van der Waals surface area contributed by atoms with E-state index in [2.05, 4.69) is 15.6 Å². The lowest BCUT2D eigenvalue weighted by molar-refractivity contribution is -0.119. The molecule has 3 amide bonds. The van der Waals surface area contributed by atoms with Crippen LogP contribution >= 0.6 is 0 Å². The third-order valence-electron chi connectivity index (χ3n) is 2.29. The summed E-state index contributed by atoms with van der Waals surface area (Å²) in [4.78, 5) is 27.0. The van der Waals surface area contributed by atoms with Gasteiger partial charge in [-0.1, -0.05) is 0 Å². The van der Waals surface area contributed by atoms with Crippen LogP contribution < -0.4 is 16.4 Å². The highest BCUT2D eigenvalue weighted by Gasteiger charge is 2.24. The van der Waals surface area contributed by atoms with Crippen LogP contribution in [0.3, 0.4) is 0 Å². The zero-order chi connectivity index (χ0) is 14.4. The molecule has 19 heavy (non-hydrogen) atoms. The zero-order valence-electron chi connectivity index (χ0n) is 10.7. The van der Waals surface area contributed by atoms with Crippen molar-refractivity contribution in [3.05, 3.63) is 18.5 Å². The van der Waals surface area contributed by atoms with Crippen molar-refractivity contribution in [2.45, 2.75) is 24.0 Å². The number of aromatic nitrogens is 1. The number of urea groups is 1. The van der Waals surface area contributed by atoms with Crippen molar-refractivity contribution in [1.29, 1.82) is 0 Å². The van der Waals surface area contributed by atoms with Gasteiger partial charge in [0, 0.05) is 12.7 Å². The molecule has 8 heteroatoms. The molecule has 2 unspecified atom stereocenters. The Kier molecular flexibility index (Phi) is 5.43. The summed E-state index contributed by atoms with van der Waals surface area (Å²) >= 11 is 0. The number of carbonyl (C=O) groups is 2. The van der Waals surface area contributed by atoms with Gasteiger partial charge in [0.15, 0.2) is 0 Å². The van der Waals surface area contributed by atoms with Gasteiger partial charge in [-0.15, -0.1) is 0 Å². The van der Waals surface area contributed by atoms with Crippen LogP contribution in [0.2, 0.25) is 0 Å². The minimum Gasteiger partial charge on any atom is -0.396 e. The van der Waals surface area contributed by atoms with Crippen LogP contribution in [0.4, 0.5) is 10.5 Å². The van der Waals surface area contributed by atoms with Gasteiger partial charge in [0.25, 0.3) is 0 Å². The number of amides is 3. The van der Waals surface area contributed by atoms with E-state index in [1.807, 2.05) is 0 Å². The van der Waals surface area contributed by atoms with E-state index in [0.29, 0.717) is 11.4 Å². The second-order valence-electron chi connectivity index (χ2n) is 3.70. The molecule has 0 fully saturated rings. The maximum Gasteiger partial charge on any atom is 0.321 e.